The Hall–Kier alpha value is -3.00. The molecule has 0 saturated carbocycles. The number of benzene rings is 2. The van der Waals surface area contributed by atoms with Gasteiger partial charge < -0.3 is 14.8 Å². The van der Waals surface area contributed by atoms with Crippen LogP contribution in [0.15, 0.2) is 48.5 Å². The third-order valence-corrected chi connectivity index (χ3v) is 3.90. The first kappa shape index (κ1) is 19.3. The van der Waals surface area contributed by atoms with E-state index in [9.17, 15) is 4.79 Å². The van der Waals surface area contributed by atoms with Gasteiger partial charge in [-0.05, 0) is 30.0 Å². The monoisotopic (exact) mass is 352 g/mol. The lowest BCUT2D eigenvalue weighted by molar-refractivity contribution is -0.124. The van der Waals surface area contributed by atoms with E-state index in [4.69, 9.17) is 14.7 Å². The molecule has 136 valence electrons. The lowest BCUT2D eigenvalue weighted by Gasteiger charge is -2.21. The van der Waals surface area contributed by atoms with Crippen molar-refractivity contribution < 1.29 is 14.3 Å². The number of nitrogens with zero attached hydrogens (tertiary/aromatic N) is 1. The van der Waals surface area contributed by atoms with E-state index in [1.165, 1.54) is 7.11 Å². The minimum atomic E-state index is -0.203. The van der Waals surface area contributed by atoms with Crippen LogP contribution in [-0.4, -0.2) is 19.6 Å². The predicted molar refractivity (Wildman–Crippen MR) is 100.0 cm³/mol. The van der Waals surface area contributed by atoms with Crippen LogP contribution in [0.1, 0.15) is 37.4 Å². The molecule has 0 aliphatic rings. The fraction of sp³-hybridized carbons (Fsp3) is 0.333. The molecule has 2 aromatic carbocycles. The van der Waals surface area contributed by atoms with Crippen LogP contribution in [0.3, 0.4) is 0 Å². The normalized spacial score (nSPS) is 11.5. The van der Waals surface area contributed by atoms with Gasteiger partial charge in [0.15, 0.2) is 18.1 Å². The van der Waals surface area contributed by atoms with Gasteiger partial charge >= 0.3 is 0 Å². The highest BCUT2D eigenvalue weighted by Crippen LogP contribution is 2.28. The summed E-state index contributed by atoms with van der Waals surface area (Å²) in [5.41, 5.74) is 1.55. The Labute approximate surface area is 154 Å². The SMILES string of the molecule is COc1cc(C#N)ccc1OCC(=O)N[C@H](CC(C)C)c1ccccc1. The average molecular weight is 352 g/mol. The van der Waals surface area contributed by atoms with Crippen molar-refractivity contribution in [2.45, 2.75) is 26.3 Å². The van der Waals surface area contributed by atoms with Crippen LogP contribution < -0.4 is 14.8 Å². The summed E-state index contributed by atoms with van der Waals surface area (Å²) in [7, 11) is 1.50. The second-order valence-electron chi connectivity index (χ2n) is 6.43. The summed E-state index contributed by atoms with van der Waals surface area (Å²) >= 11 is 0. The second kappa shape index (κ2) is 9.47. The Morgan fingerprint density at radius 2 is 1.88 bits per heavy atom. The fourth-order valence-electron chi connectivity index (χ4n) is 2.67. The number of hydrogen-bond acceptors (Lipinski definition) is 4. The van der Waals surface area contributed by atoms with Gasteiger partial charge in [0, 0.05) is 6.07 Å². The number of amides is 1. The number of rotatable bonds is 8. The van der Waals surface area contributed by atoms with Gasteiger partial charge in [0.25, 0.3) is 5.91 Å². The molecular weight excluding hydrogens is 328 g/mol. The Bertz CT molecular complexity index is 767. The van der Waals surface area contributed by atoms with Gasteiger partial charge in [0.2, 0.25) is 0 Å². The van der Waals surface area contributed by atoms with Crippen molar-refractivity contribution in [1.29, 1.82) is 5.26 Å². The Morgan fingerprint density at radius 1 is 1.15 bits per heavy atom. The van der Waals surface area contributed by atoms with Crippen LogP contribution in [0.4, 0.5) is 0 Å². The van der Waals surface area contributed by atoms with Crippen molar-refractivity contribution in [3.05, 3.63) is 59.7 Å². The number of ether oxygens (including phenoxy) is 2. The van der Waals surface area contributed by atoms with Crippen LogP contribution in [0.2, 0.25) is 0 Å². The first-order valence-corrected chi connectivity index (χ1v) is 8.58. The maximum Gasteiger partial charge on any atom is 0.258 e. The summed E-state index contributed by atoms with van der Waals surface area (Å²) in [6, 6.07) is 16.7. The fourth-order valence-corrected chi connectivity index (χ4v) is 2.67. The molecule has 0 aliphatic heterocycles. The lowest BCUT2D eigenvalue weighted by atomic mass is 9.97. The molecule has 0 spiro atoms. The van der Waals surface area contributed by atoms with E-state index < -0.39 is 0 Å². The molecule has 0 heterocycles. The number of nitriles is 1. The van der Waals surface area contributed by atoms with Crippen LogP contribution >= 0.6 is 0 Å². The minimum Gasteiger partial charge on any atom is -0.493 e. The molecule has 0 unspecified atom stereocenters. The zero-order chi connectivity index (χ0) is 18.9. The predicted octanol–water partition coefficient (Wildman–Crippen LogP) is 3.85. The van der Waals surface area contributed by atoms with E-state index in [1.807, 2.05) is 36.4 Å². The van der Waals surface area contributed by atoms with E-state index in [1.54, 1.807) is 18.2 Å². The lowest BCUT2D eigenvalue weighted by Crippen LogP contribution is -2.33. The average Bonchev–Trinajstić information content (AvgIpc) is 2.66. The molecule has 5 nitrogen and oxygen atoms in total. The van der Waals surface area contributed by atoms with Gasteiger partial charge in [-0.25, -0.2) is 0 Å². The summed E-state index contributed by atoms with van der Waals surface area (Å²) < 4.78 is 10.8. The zero-order valence-electron chi connectivity index (χ0n) is 15.4. The third-order valence-electron chi connectivity index (χ3n) is 3.90. The maximum atomic E-state index is 12.4. The van der Waals surface area contributed by atoms with Crippen LogP contribution in [0.5, 0.6) is 11.5 Å². The maximum absolute atomic E-state index is 12.4. The Morgan fingerprint density at radius 3 is 2.50 bits per heavy atom. The van der Waals surface area contributed by atoms with E-state index in [0.717, 1.165) is 12.0 Å². The molecule has 0 radical (unpaired) electrons. The third kappa shape index (κ3) is 5.52. The molecule has 26 heavy (non-hydrogen) atoms. The van der Waals surface area contributed by atoms with Gasteiger partial charge in [0.05, 0.1) is 24.8 Å². The summed E-state index contributed by atoms with van der Waals surface area (Å²) in [6.07, 6.45) is 0.843. The smallest absolute Gasteiger partial charge is 0.258 e. The molecule has 1 atom stereocenters. The molecule has 1 N–H and O–H groups in total. The molecule has 0 aromatic heterocycles. The largest absolute Gasteiger partial charge is 0.493 e. The molecule has 2 rings (SSSR count). The quantitative estimate of drug-likeness (QED) is 0.783. The highest BCUT2D eigenvalue weighted by atomic mass is 16.5. The molecule has 0 aliphatic carbocycles. The van der Waals surface area contributed by atoms with E-state index in [0.29, 0.717) is 23.0 Å². The molecule has 2 aromatic rings. The van der Waals surface area contributed by atoms with E-state index >= 15 is 0 Å². The summed E-state index contributed by atoms with van der Waals surface area (Å²) in [5.74, 6) is 1.10. The Balaban J connectivity index is 2.01. The van der Waals surface area contributed by atoms with Crippen molar-refractivity contribution in [3.63, 3.8) is 0 Å². The van der Waals surface area contributed by atoms with Crippen molar-refractivity contribution in [2.75, 3.05) is 13.7 Å². The van der Waals surface area contributed by atoms with E-state index in [-0.39, 0.29) is 18.6 Å². The number of nitrogens with one attached hydrogen (secondary N) is 1. The summed E-state index contributed by atoms with van der Waals surface area (Å²) in [4.78, 5) is 12.4. The van der Waals surface area contributed by atoms with Gasteiger partial charge in [0.1, 0.15) is 0 Å². The second-order valence-corrected chi connectivity index (χ2v) is 6.43. The molecule has 1 amide bonds. The first-order valence-electron chi connectivity index (χ1n) is 8.58. The summed E-state index contributed by atoms with van der Waals surface area (Å²) in [6.45, 7) is 4.13. The molecular formula is C21H24N2O3. The number of carbonyl (C=O) groups excluding carboxylic acids is 1. The molecule has 0 saturated heterocycles. The topological polar surface area (TPSA) is 71.3 Å². The van der Waals surface area contributed by atoms with Crippen molar-refractivity contribution >= 4 is 5.91 Å². The standard InChI is InChI=1S/C21H24N2O3/c1-15(2)11-18(17-7-5-4-6-8-17)23-21(24)14-26-19-10-9-16(13-22)12-20(19)25-3/h4-10,12,15,18H,11,14H2,1-3H3,(H,23,24)/t18-/m1/s1. The van der Waals surface area contributed by atoms with Gasteiger partial charge in [-0.2, -0.15) is 5.26 Å². The van der Waals surface area contributed by atoms with Crippen molar-refractivity contribution in [1.82, 2.24) is 5.32 Å². The molecule has 0 bridgehead atoms. The highest BCUT2D eigenvalue weighted by Gasteiger charge is 2.17. The summed E-state index contributed by atoms with van der Waals surface area (Å²) in [5, 5.41) is 12.0. The molecule has 0 fully saturated rings. The van der Waals surface area contributed by atoms with E-state index in [2.05, 4.69) is 19.2 Å². The highest BCUT2D eigenvalue weighted by molar-refractivity contribution is 5.78. The number of hydrogen-bond donors (Lipinski definition) is 1. The Kier molecular flexibility index (Phi) is 7.04. The van der Waals surface area contributed by atoms with Gasteiger partial charge in [-0.1, -0.05) is 44.2 Å². The zero-order valence-corrected chi connectivity index (χ0v) is 15.4. The van der Waals surface area contributed by atoms with Gasteiger partial charge in [-0.15, -0.1) is 0 Å². The van der Waals surface area contributed by atoms with Crippen LogP contribution in [0, 0.1) is 17.2 Å². The number of carbonyl (C=O) groups is 1. The minimum absolute atomic E-state index is 0.0600. The van der Waals surface area contributed by atoms with Crippen LogP contribution in [-0.2, 0) is 4.79 Å². The van der Waals surface area contributed by atoms with Crippen molar-refractivity contribution in [3.8, 4) is 17.6 Å². The van der Waals surface area contributed by atoms with Crippen LogP contribution in [0.25, 0.3) is 0 Å². The van der Waals surface area contributed by atoms with Gasteiger partial charge in [-0.3, -0.25) is 4.79 Å². The number of methoxy groups -OCH3 is 1. The first-order chi connectivity index (χ1) is 12.5. The van der Waals surface area contributed by atoms with Crippen molar-refractivity contribution in [2.24, 2.45) is 5.92 Å². The molecule has 5 heteroatoms.